The summed E-state index contributed by atoms with van der Waals surface area (Å²) in [7, 11) is 0. The maximum absolute atomic E-state index is 11.0. The molecule has 2 aromatic carbocycles. The quantitative estimate of drug-likeness (QED) is 0.362. The minimum absolute atomic E-state index is 0.393. The number of carbonyl (C=O) groups is 2. The molecule has 3 aromatic rings. The summed E-state index contributed by atoms with van der Waals surface area (Å²) >= 11 is 21.5. The van der Waals surface area contributed by atoms with Crippen molar-refractivity contribution in [2.24, 2.45) is 0 Å². The van der Waals surface area contributed by atoms with Crippen LogP contribution in [0.2, 0.25) is 0 Å². The fourth-order valence-corrected chi connectivity index (χ4v) is 2.98. The highest BCUT2D eigenvalue weighted by atomic mass is 35.5. The van der Waals surface area contributed by atoms with Crippen LogP contribution in [-0.4, -0.2) is 21.5 Å². The van der Waals surface area contributed by atoms with Crippen LogP contribution in [0.5, 0.6) is 0 Å². The Morgan fingerprint density at radius 2 is 0.731 bits per heavy atom. The number of hydrogen-bond donors (Lipinski definition) is 0. The predicted octanol–water partition coefficient (Wildman–Crippen LogP) is 5.30. The Balaban J connectivity index is 0.000000153. The van der Waals surface area contributed by atoms with Gasteiger partial charge in [-0.15, -0.1) is 0 Å². The second kappa shape index (κ2) is 7.72. The summed E-state index contributed by atoms with van der Waals surface area (Å²) in [4.78, 5) is 31.0. The monoisotopic (exact) mass is 424 g/mol. The normalized spacial score (nSPS) is 14.8. The second-order valence-corrected chi connectivity index (χ2v) is 6.63. The van der Waals surface area contributed by atoms with Crippen LogP contribution in [0.1, 0.15) is 0 Å². The van der Waals surface area contributed by atoms with Gasteiger partial charge in [0.1, 0.15) is 20.1 Å². The van der Waals surface area contributed by atoms with Gasteiger partial charge in [-0.1, -0.05) is 70.7 Å². The molecule has 0 N–H and O–H groups in total. The first kappa shape index (κ1) is 18.8. The van der Waals surface area contributed by atoms with Crippen molar-refractivity contribution < 1.29 is 9.59 Å². The van der Waals surface area contributed by atoms with Gasteiger partial charge < -0.3 is 0 Å². The molecule has 0 amide bonds. The maximum Gasteiger partial charge on any atom is 0.219 e. The van der Waals surface area contributed by atoms with Crippen molar-refractivity contribution in [3.63, 3.8) is 0 Å². The molecule has 0 spiro atoms. The molecule has 1 aliphatic rings. The Bertz CT molecular complexity index is 955. The average Bonchev–Trinajstić information content (AvgIpc) is 2.68. The molecular formula is C18H8Cl4N2O2. The lowest BCUT2D eigenvalue weighted by atomic mass is 10.1. The Morgan fingerprint density at radius 3 is 0.962 bits per heavy atom. The maximum atomic E-state index is 11.0. The van der Waals surface area contributed by atoms with Crippen LogP contribution in [-0.2, 0) is 9.59 Å². The summed E-state index contributed by atoms with van der Waals surface area (Å²) in [5, 5.41) is -1.57. The minimum Gasteiger partial charge on any atom is -0.286 e. The van der Waals surface area contributed by atoms with Gasteiger partial charge in [-0.2, -0.15) is 0 Å². The van der Waals surface area contributed by atoms with Crippen LogP contribution >= 0.6 is 46.4 Å². The molecule has 0 saturated carbocycles. The summed E-state index contributed by atoms with van der Waals surface area (Å²) in [6, 6.07) is 15.8. The molecule has 0 aliphatic heterocycles. The zero-order valence-corrected chi connectivity index (χ0v) is 15.9. The first-order chi connectivity index (χ1) is 12.4. The van der Waals surface area contributed by atoms with Gasteiger partial charge in [-0.25, -0.2) is 9.97 Å². The molecule has 8 heteroatoms. The summed E-state index contributed by atoms with van der Waals surface area (Å²) in [6.07, 6.45) is 0. The van der Waals surface area contributed by atoms with E-state index in [1.54, 1.807) is 0 Å². The minimum atomic E-state index is -0.729. The van der Waals surface area contributed by atoms with Crippen LogP contribution < -0.4 is 0 Å². The van der Waals surface area contributed by atoms with E-state index >= 15 is 0 Å². The van der Waals surface area contributed by atoms with Crippen LogP contribution in [0.4, 0.5) is 0 Å². The molecule has 1 heterocycles. The molecule has 26 heavy (non-hydrogen) atoms. The molecule has 0 atom stereocenters. The average molecular weight is 426 g/mol. The topological polar surface area (TPSA) is 59.9 Å². The molecule has 0 radical (unpaired) electrons. The van der Waals surface area contributed by atoms with Crippen molar-refractivity contribution in [2.45, 2.75) is 0 Å². The van der Waals surface area contributed by atoms with Crippen LogP contribution in [0.25, 0.3) is 22.1 Å². The van der Waals surface area contributed by atoms with Gasteiger partial charge in [-0.3, -0.25) is 9.59 Å². The molecule has 1 aliphatic carbocycles. The van der Waals surface area contributed by atoms with Crippen molar-refractivity contribution >= 4 is 80.0 Å². The summed E-state index contributed by atoms with van der Waals surface area (Å²) in [6.45, 7) is 0. The van der Waals surface area contributed by atoms with Crippen LogP contribution in [0.3, 0.4) is 0 Å². The Morgan fingerprint density at radius 1 is 0.500 bits per heavy atom. The number of benzene rings is 2. The lowest BCUT2D eigenvalue weighted by molar-refractivity contribution is -0.114. The van der Waals surface area contributed by atoms with E-state index in [1.807, 2.05) is 48.5 Å². The summed E-state index contributed by atoms with van der Waals surface area (Å²) in [5.74, 6) is -1.46. The highest BCUT2D eigenvalue weighted by Crippen LogP contribution is 2.32. The molecule has 0 unspecified atom stereocenters. The molecule has 1 aromatic heterocycles. The standard InChI is InChI=1S/C12H8N2.C6Cl4O2/c1-2-6-10-9(5-1)13-11-7-3-4-8-12(11)14-10;7-1-2(8)6(12)4(10)3(9)5(1)11/h1-8H;. The van der Waals surface area contributed by atoms with Crippen molar-refractivity contribution in [2.75, 3.05) is 0 Å². The van der Waals surface area contributed by atoms with Crippen molar-refractivity contribution in [3.05, 3.63) is 68.7 Å². The number of allylic oxidation sites excluding steroid dienone is 4. The van der Waals surface area contributed by atoms with Crippen LogP contribution in [0, 0.1) is 0 Å². The van der Waals surface area contributed by atoms with E-state index in [0.717, 1.165) is 22.1 Å². The van der Waals surface area contributed by atoms with E-state index in [-0.39, 0.29) is 0 Å². The van der Waals surface area contributed by atoms with Crippen molar-refractivity contribution in [1.29, 1.82) is 0 Å². The number of hydrogen-bond acceptors (Lipinski definition) is 4. The largest absolute Gasteiger partial charge is 0.286 e. The van der Waals surface area contributed by atoms with Gasteiger partial charge in [0, 0.05) is 0 Å². The number of rotatable bonds is 0. The lowest BCUT2D eigenvalue weighted by Gasteiger charge is -2.08. The smallest absolute Gasteiger partial charge is 0.219 e. The highest BCUT2D eigenvalue weighted by Gasteiger charge is 2.31. The molecule has 130 valence electrons. The summed E-state index contributed by atoms with van der Waals surface area (Å²) in [5.41, 5.74) is 3.80. The molecule has 4 nitrogen and oxygen atoms in total. The van der Waals surface area contributed by atoms with Gasteiger partial charge in [0.15, 0.2) is 0 Å². The third-order valence-corrected chi connectivity index (χ3v) is 5.06. The van der Waals surface area contributed by atoms with E-state index < -0.39 is 31.7 Å². The van der Waals surface area contributed by atoms with Gasteiger partial charge in [-0.05, 0) is 24.3 Å². The van der Waals surface area contributed by atoms with E-state index in [9.17, 15) is 9.59 Å². The Hall–Kier alpha value is -1.98. The van der Waals surface area contributed by atoms with E-state index in [2.05, 4.69) is 9.97 Å². The predicted molar refractivity (Wildman–Crippen MR) is 105 cm³/mol. The number of ketones is 2. The SMILES string of the molecule is O=C1C(Cl)=C(Cl)C(=O)C(Cl)=C1Cl.c1ccc2nc3ccccc3nc2c1. The van der Waals surface area contributed by atoms with Gasteiger partial charge in [0.25, 0.3) is 0 Å². The first-order valence-electron chi connectivity index (χ1n) is 7.21. The first-order valence-corrected chi connectivity index (χ1v) is 8.73. The fraction of sp³-hybridized carbons (Fsp3) is 0. The van der Waals surface area contributed by atoms with Gasteiger partial charge in [0.2, 0.25) is 11.6 Å². The fourth-order valence-electron chi connectivity index (χ4n) is 2.16. The lowest BCUT2D eigenvalue weighted by Crippen LogP contribution is -2.14. The zero-order chi connectivity index (χ0) is 18.8. The number of fused-ring (bicyclic) bond motifs is 2. The van der Waals surface area contributed by atoms with Gasteiger partial charge >= 0.3 is 0 Å². The number of para-hydroxylation sites is 4. The van der Waals surface area contributed by atoms with E-state index in [0.29, 0.717) is 0 Å². The molecule has 4 rings (SSSR count). The third-order valence-electron chi connectivity index (χ3n) is 3.43. The number of halogens is 4. The van der Waals surface area contributed by atoms with Crippen LogP contribution in [0.15, 0.2) is 68.7 Å². The number of aromatic nitrogens is 2. The highest BCUT2D eigenvalue weighted by molar-refractivity contribution is 6.69. The zero-order valence-electron chi connectivity index (χ0n) is 12.8. The number of nitrogens with zero attached hydrogens (tertiary/aromatic N) is 2. The van der Waals surface area contributed by atoms with Crippen molar-refractivity contribution in [3.8, 4) is 0 Å². The molecule has 0 saturated heterocycles. The molecule has 0 fully saturated rings. The third kappa shape index (κ3) is 3.60. The van der Waals surface area contributed by atoms with Crippen molar-refractivity contribution in [1.82, 2.24) is 9.97 Å². The van der Waals surface area contributed by atoms with E-state index in [4.69, 9.17) is 46.4 Å². The number of Topliss-reactive ketones (excluding diaryl/α,β-unsaturated/α-hetero) is 2. The molecular weight excluding hydrogens is 418 g/mol. The number of carbonyl (C=O) groups excluding carboxylic acids is 2. The summed E-state index contributed by atoms with van der Waals surface area (Å²) < 4.78 is 0. The van der Waals surface area contributed by atoms with Gasteiger partial charge in [0.05, 0.1) is 22.1 Å². The molecule has 0 bridgehead atoms. The Labute approximate surface area is 168 Å². The Kier molecular flexibility index (Phi) is 5.58. The second-order valence-electron chi connectivity index (χ2n) is 5.12. The van der Waals surface area contributed by atoms with E-state index in [1.165, 1.54) is 0 Å².